The first-order chi connectivity index (χ1) is 9.70. The van der Waals surface area contributed by atoms with Gasteiger partial charge in [0.2, 0.25) is 0 Å². The maximum Gasteiger partial charge on any atom is 0.435 e. The summed E-state index contributed by atoms with van der Waals surface area (Å²) in [7, 11) is 0. The first-order valence-electron chi connectivity index (χ1n) is 5.82. The molecule has 0 saturated heterocycles. The van der Waals surface area contributed by atoms with Gasteiger partial charge in [0.15, 0.2) is 23.1 Å². The molecule has 0 aliphatic carbocycles. The molecule has 112 valence electrons. The Kier molecular flexibility index (Phi) is 3.80. The zero-order valence-corrected chi connectivity index (χ0v) is 10.7. The van der Waals surface area contributed by atoms with E-state index in [1.807, 2.05) is 0 Å². The first kappa shape index (κ1) is 15.1. The minimum atomic E-state index is -4.62. The Morgan fingerprint density at radius 2 is 1.86 bits per heavy atom. The lowest BCUT2D eigenvalue weighted by Crippen LogP contribution is -2.18. The number of carbonyl (C=O) groups is 1. The SMILES string of the molecule is CC(C(=O)c1ccc(F)c(F)c1)n1ccc(C(F)(F)F)n1. The summed E-state index contributed by atoms with van der Waals surface area (Å²) in [5, 5.41) is 3.27. The van der Waals surface area contributed by atoms with E-state index in [-0.39, 0.29) is 5.56 Å². The van der Waals surface area contributed by atoms with Crippen molar-refractivity contribution in [2.45, 2.75) is 19.1 Å². The molecule has 0 saturated carbocycles. The summed E-state index contributed by atoms with van der Waals surface area (Å²) in [6, 6.07) is 2.19. The number of hydrogen-bond acceptors (Lipinski definition) is 2. The number of Topliss-reactive ketones (excluding diaryl/α,β-unsaturated/α-hetero) is 1. The summed E-state index contributed by atoms with van der Waals surface area (Å²) < 4.78 is 64.0. The molecule has 0 amide bonds. The quantitative estimate of drug-likeness (QED) is 0.641. The molecule has 0 radical (unpaired) electrons. The molecule has 2 rings (SSSR count). The predicted octanol–water partition coefficient (Wildman–Crippen LogP) is 3.62. The Hall–Kier alpha value is -2.25. The summed E-state index contributed by atoms with van der Waals surface area (Å²) in [5.74, 6) is -2.99. The van der Waals surface area contributed by atoms with Crippen molar-refractivity contribution < 1.29 is 26.7 Å². The molecule has 0 bridgehead atoms. The Bertz CT molecular complexity index is 677. The van der Waals surface area contributed by atoms with E-state index in [2.05, 4.69) is 5.10 Å². The molecule has 8 heteroatoms. The number of hydrogen-bond donors (Lipinski definition) is 0. The van der Waals surface area contributed by atoms with Crippen LogP contribution in [0.15, 0.2) is 30.5 Å². The number of ketones is 1. The fraction of sp³-hybridized carbons (Fsp3) is 0.231. The van der Waals surface area contributed by atoms with E-state index in [4.69, 9.17) is 0 Å². The Balaban J connectivity index is 2.26. The van der Waals surface area contributed by atoms with Crippen LogP contribution in [0.5, 0.6) is 0 Å². The Labute approximate surface area is 116 Å². The van der Waals surface area contributed by atoms with Crippen molar-refractivity contribution >= 4 is 5.78 Å². The van der Waals surface area contributed by atoms with Gasteiger partial charge in [-0.25, -0.2) is 8.78 Å². The molecular weight excluding hydrogens is 295 g/mol. The van der Waals surface area contributed by atoms with Crippen molar-refractivity contribution in [1.82, 2.24) is 9.78 Å². The molecule has 0 spiro atoms. The average Bonchev–Trinajstić information content (AvgIpc) is 2.90. The van der Waals surface area contributed by atoms with Crippen molar-refractivity contribution in [3.63, 3.8) is 0 Å². The van der Waals surface area contributed by atoms with Gasteiger partial charge in [-0.2, -0.15) is 18.3 Å². The fourth-order valence-corrected chi connectivity index (χ4v) is 1.72. The van der Waals surface area contributed by atoms with Crippen LogP contribution in [0.2, 0.25) is 0 Å². The topological polar surface area (TPSA) is 34.9 Å². The molecular formula is C13H9F5N2O. The third-order valence-corrected chi connectivity index (χ3v) is 2.88. The molecule has 3 nitrogen and oxygen atoms in total. The smallest absolute Gasteiger partial charge is 0.292 e. The van der Waals surface area contributed by atoms with Gasteiger partial charge in [-0.1, -0.05) is 0 Å². The molecule has 1 aromatic heterocycles. The Morgan fingerprint density at radius 1 is 1.19 bits per heavy atom. The van der Waals surface area contributed by atoms with Crippen molar-refractivity contribution in [2.75, 3.05) is 0 Å². The van der Waals surface area contributed by atoms with E-state index >= 15 is 0 Å². The van der Waals surface area contributed by atoms with E-state index in [0.717, 1.165) is 29.1 Å². The second kappa shape index (κ2) is 5.27. The molecule has 21 heavy (non-hydrogen) atoms. The largest absolute Gasteiger partial charge is 0.435 e. The second-order valence-corrected chi connectivity index (χ2v) is 4.35. The number of aromatic nitrogens is 2. The van der Waals surface area contributed by atoms with E-state index in [9.17, 15) is 26.7 Å². The summed E-state index contributed by atoms with van der Waals surface area (Å²) >= 11 is 0. The van der Waals surface area contributed by atoms with Crippen molar-refractivity contribution in [3.05, 3.63) is 53.4 Å². The molecule has 0 N–H and O–H groups in total. The highest BCUT2D eigenvalue weighted by molar-refractivity contribution is 5.98. The van der Waals surface area contributed by atoms with Crippen LogP contribution in [0.4, 0.5) is 22.0 Å². The van der Waals surface area contributed by atoms with E-state index in [0.29, 0.717) is 6.07 Å². The maximum atomic E-state index is 13.1. The standard InChI is InChI=1S/C13H9F5N2O/c1-7(20-5-4-11(19-20)13(16,17)18)12(21)8-2-3-9(14)10(15)6-8/h2-7H,1H3. The van der Waals surface area contributed by atoms with Crippen LogP contribution >= 0.6 is 0 Å². The van der Waals surface area contributed by atoms with Crippen LogP contribution in [0.25, 0.3) is 0 Å². The highest BCUT2D eigenvalue weighted by atomic mass is 19.4. The highest BCUT2D eigenvalue weighted by Crippen LogP contribution is 2.28. The number of rotatable bonds is 3. The summed E-state index contributed by atoms with van der Waals surface area (Å²) in [5.41, 5.74) is -1.28. The van der Waals surface area contributed by atoms with E-state index in [1.165, 1.54) is 6.92 Å². The van der Waals surface area contributed by atoms with Gasteiger partial charge in [-0.3, -0.25) is 9.48 Å². The zero-order chi connectivity index (χ0) is 15.8. The van der Waals surface area contributed by atoms with Crippen LogP contribution < -0.4 is 0 Å². The van der Waals surface area contributed by atoms with Gasteiger partial charge < -0.3 is 0 Å². The summed E-state index contributed by atoms with van der Waals surface area (Å²) in [6.45, 7) is 1.32. The van der Waals surface area contributed by atoms with Gasteiger partial charge in [0, 0.05) is 11.8 Å². The van der Waals surface area contributed by atoms with Gasteiger partial charge in [0.05, 0.1) is 0 Å². The number of alkyl halides is 3. The van der Waals surface area contributed by atoms with Crippen LogP contribution in [0.3, 0.4) is 0 Å². The van der Waals surface area contributed by atoms with Gasteiger partial charge >= 0.3 is 6.18 Å². The first-order valence-corrected chi connectivity index (χ1v) is 5.82. The van der Waals surface area contributed by atoms with Crippen molar-refractivity contribution in [1.29, 1.82) is 0 Å². The molecule has 0 aliphatic rings. The maximum absolute atomic E-state index is 13.1. The lowest BCUT2D eigenvalue weighted by molar-refractivity contribution is -0.141. The van der Waals surface area contributed by atoms with Crippen LogP contribution in [0.1, 0.15) is 29.0 Å². The predicted molar refractivity (Wildman–Crippen MR) is 62.6 cm³/mol. The molecule has 1 heterocycles. The zero-order valence-electron chi connectivity index (χ0n) is 10.7. The van der Waals surface area contributed by atoms with E-state index < -0.39 is 35.3 Å². The number of nitrogens with zero attached hydrogens (tertiary/aromatic N) is 2. The minimum Gasteiger partial charge on any atom is -0.292 e. The number of benzene rings is 1. The third-order valence-electron chi connectivity index (χ3n) is 2.88. The molecule has 2 aromatic rings. The third kappa shape index (κ3) is 3.09. The molecule has 0 fully saturated rings. The molecule has 1 aromatic carbocycles. The van der Waals surface area contributed by atoms with Crippen LogP contribution in [-0.4, -0.2) is 15.6 Å². The van der Waals surface area contributed by atoms with E-state index in [1.54, 1.807) is 0 Å². The van der Waals surface area contributed by atoms with Gasteiger partial charge in [-0.05, 0) is 31.2 Å². The normalized spacial score (nSPS) is 13.2. The van der Waals surface area contributed by atoms with Crippen molar-refractivity contribution in [3.8, 4) is 0 Å². The second-order valence-electron chi connectivity index (χ2n) is 4.35. The summed E-state index contributed by atoms with van der Waals surface area (Å²) in [4.78, 5) is 12.0. The molecule has 0 aliphatic heterocycles. The summed E-state index contributed by atoms with van der Waals surface area (Å²) in [6.07, 6.45) is -3.61. The van der Waals surface area contributed by atoms with Crippen LogP contribution in [-0.2, 0) is 6.18 Å². The monoisotopic (exact) mass is 304 g/mol. The highest BCUT2D eigenvalue weighted by Gasteiger charge is 2.34. The fourth-order valence-electron chi connectivity index (χ4n) is 1.72. The van der Waals surface area contributed by atoms with Crippen LogP contribution in [0, 0.1) is 11.6 Å². The van der Waals surface area contributed by atoms with Gasteiger partial charge in [0.1, 0.15) is 6.04 Å². The molecule has 1 atom stereocenters. The van der Waals surface area contributed by atoms with Gasteiger partial charge in [-0.15, -0.1) is 0 Å². The lowest BCUT2D eigenvalue weighted by Gasteiger charge is -2.11. The number of carbonyl (C=O) groups excluding carboxylic acids is 1. The average molecular weight is 304 g/mol. The number of halogens is 5. The molecule has 1 unspecified atom stereocenters. The Morgan fingerprint density at radius 3 is 2.38 bits per heavy atom. The van der Waals surface area contributed by atoms with Crippen molar-refractivity contribution in [2.24, 2.45) is 0 Å². The lowest BCUT2D eigenvalue weighted by atomic mass is 10.1. The minimum absolute atomic E-state index is 0.148. The van der Waals surface area contributed by atoms with Gasteiger partial charge in [0.25, 0.3) is 0 Å².